The van der Waals surface area contributed by atoms with Crippen molar-refractivity contribution in [3.8, 4) is 22.7 Å². The first-order valence-corrected chi connectivity index (χ1v) is 13.4. The summed E-state index contributed by atoms with van der Waals surface area (Å²) >= 11 is 0. The molecule has 1 aliphatic rings. The topological polar surface area (TPSA) is 87.4 Å². The fourth-order valence-corrected chi connectivity index (χ4v) is 5.40. The number of aromatic nitrogens is 4. The Morgan fingerprint density at radius 1 is 1.17 bits per heavy atom. The molecule has 10 heteroatoms. The van der Waals surface area contributed by atoms with Crippen molar-refractivity contribution in [2.24, 2.45) is 0 Å². The molecule has 0 amide bonds. The van der Waals surface area contributed by atoms with Crippen molar-refractivity contribution in [1.29, 1.82) is 0 Å². The van der Waals surface area contributed by atoms with E-state index >= 15 is 4.39 Å². The third-order valence-electron chi connectivity index (χ3n) is 7.50. The molecule has 212 valence electrons. The number of allylic oxidation sites excluding steroid dienone is 1. The van der Waals surface area contributed by atoms with E-state index in [1.54, 1.807) is 18.3 Å². The lowest BCUT2D eigenvalue weighted by Gasteiger charge is -2.42. The van der Waals surface area contributed by atoms with Crippen LogP contribution < -0.4 is 10.6 Å². The summed E-state index contributed by atoms with van der Waals surface area (Å²) in [4.78, 5) is 31.5. The molecule has 0 unspecified atom stereocenters. The Morgan fingerprint density at radius 3 is 2.59 bits per heavy atom. The molecular formula is C31H32F2N6O2. The molecule has 0 aliphatic carbocycles. The quantitative estimate of drug-likeness (QED) is 0.314. The number of phenolic OH excluding ortho intramolecular Hbond substituents is 1. The second kappa shape index (κ2) is 10.8. The van der Waals surface area contributed by atoms with Crippen LogP contribution in [0.3, 0.4) is 0 Å². The highest BCUT2D eigenvalue weighted by atomic mass is 19.1. The van der Waals surface area contributed by atoms with Gasteiger partial charge >= 0.3 is 5.69 Å². The van der Waals surface area contributed by atoms with Gasteiger partial charge in [0.15, 0.2) is 11.5 Å². The van der Waals surface area contributed by atoms with Crippen molar-refractivity contribution in [3.63, 3.8) is 0 Å². The molecule has 4 heterocycles. The molecule has 1 aromatic carbocycles. The van der Waals surface area contributed by atoms with E-state index in [2.05, 4.69) is 33.0 Å². The van der Waals surface area contributed by atoms with E-state index in [0.29, 0.717) is 31.0 Å². The van der Waals surface area contributed by atoms with Crippen LogP contribution in [0, 0.1) is 18.6 Å². The highest BCUT2D eigenvalue weighted by molar-refractivity contribution is 5.91. The number of piperazine rings is 1. The monoisotopic (exact) mass is 558 g/mol. The Labute approximate surface area is 236 Å². The van der Waals surface area contributed by atoms with Gasteiger partial charge in [-0.25, -0.2) is 23.1 Å². The van der Waals surface area contributed by atoms with Crippen molar-refractivity contribution in [3.05, 3.63) is 94.8 Å². The summed E-state index contributed by atoms with van der Waals surface area (Å²) in [5, 5.41) is 10.7. The number of hydrogen-bond donors (Lipinski definition) is 1. The molecule has 1 N–H and O–H groups in total. The van der Waals surface area contributed by atoms with Crippen LogP contribution in [0.15, 0.2) is 66.3 Å². The minimum absolute atomic E-state index is 0.0619. The lowest BCUT2D eigenvalue weighted by atomic mass is 10.0. The average Bonchev–Trinajstić information content (AvgIpc) is 2.93. The van der Waals surface area contributed by atoms with Gasteiger partial charge in [-0.1, -0.05) is 33.1 Å². The van der Waals surface area contributed by atoms with Gasteiger partial charge in [0.05, 0.1) is 22.3 Å². The molecule has 1 saturated heterocycles. The van der Waals surface area contributed by atoms with Gasteiger partial charge in [-0.3, -0.25) is 4.98 Å². The number of pyridine rings is 2. The maximum atomic E-state index is 15.8. The summed E-state index contributed by atoms with van der Waals surface area (Å²) in [6, 6.07) is 6.57. The number of benzene rings is 1. The lowest BCUT2D eigenvalue weighted by Crippen LogP contribution is -2.52. The number of aryl methyl sites for hydroxylation is 1. The molecule has 0 spiro atoms. The van der Waals surface area contributed by atoms with Crippen molar-refractivity contribution in [2.45, 2.75) is 39.7 Å². The summed E-state index contributed by atoms with van der Waals surface area (Å²) in [6.45, 7) is 17.2. The largest absolute Gasteiger partial charge is 0.507 e. The third-order valence-corrected chi connectivity index (χ3v) is 7.50. The molecule has 4 aromatic rings. The van der Waals surface area contributed by atoms with Gasteiger partial charge < -0.3 is 14.9 Å². The van der Waals surface area contributed by atoms with Gasteiger partial charge in [-0.05, 0) is 55.7 Å². The molecular weight excluding hydrogens is 526 g/mol. The third kappa shape index (κ3) is 4.83. The number of rotatable bonds is 6. The molecule has 5 rings (SSSR count). The zero-order valence-corrected chi connectivity index (χ0v) is 23.5. The average molecular weight is 559 g/mol. The van der Waals surface area contributed by atoms with Gasteiger partial charge in [0.1, 0.15) is 23.1 Å². The van der Waals surface area contributed by atoms with E-state index in [-0.39, 0.29) is 34.4 Å². The number of phenols is 1. The highest BCUT2D eigenvalue weighted by Gasteiger charge is 2.30. The maximum absolute atomic E-state index is 15.8. The number of aromatic hydroxyl groups is 1. The van der Waals surface area contributed by atoms with E-state index in [9.17, 15) is 14.3 Å². The van der Waals surface area contributed by atoms with Crippen molar-refractivity contribution >= 4 is 16.9 Å². The normalized spacial score (nSPS) is 15.5. The van der Waals surface area contributed by atoms with E-state index < -0.39 is 28.8 Å². The smallest absolute Gasteiger partial charge is 0.355 e. The van der Waals surface area contributed by atoms with Crippen LogP contribution in [0.5, 0.6) is 5.75 Å². The number of hydrogen-bond acceptors (Lipinski definition) is 7. The molecule has 1 fully saturated rings. The maximum Gasteiger partial charge on any atom is 0.355 e. The first-order valence-electron chi connectivity index (χ1n) is 13.4. The standard InChI is InChI=1S/C31H32F2N6O2/c1-7-19(5)37-13-14-38(20(6)16-37)29-21-15-23(33)27(25-22(32)9-8-10-24(25)40)35-30(21)39(31(41)36-29)28-18(4)11-12-34-26(28)17(2)3/h7-12,15,17,20,40H,1,5,13-14,16H2,2-4,6H3/t20-/m0/s1. The summed E-state index contributed by atoms with van der Waals surface area (Å²) in [6.07, 6.45) is 3.36. The van der Waals surface area contributed by atoms with Crippen LogP contribution in [-0.2, 0) is 0 Å². The number of fused-ring (bicyclic) bond motifs is 1. The van der Waals surface area contributed by atoms with Crippen LogP contribution in [0.4, 0.5) is 14.6 Å². The first kappa shape index (κ1) is 27.9. The molecule has 1 aliphatic heterocycles. The van der Waals surface area contributed by atoms with Crippen LogP contribution in [-0.4, -0.2) is 55.2 Å². The lowest BCUT2D eigenvalue weighted by molar-refractivity contribution is 0.291. The fraction of sp³-hybridized carbons (Fsp3) is 0.290. The summed E-state index contributed by atoms with van der Waals surface area (Å²) in [7, 11) is 0. The fourth-order valence-electron chi connectivity index (χ4n) is 5.40. The Morgan fingerprint density at radius 2 is 1.93 bits per heavy atom. The zero-order chi connectivity index (χ0) is 29.6. The van der Waals surface area contributed by atoms with Crippen molar-refractivity contribution < 1.29 is 13.9 Å². The van der Waals surface area contributed by atoms with Crippen LogP contribution >= 0.6 is 0 Å². The Kier molecular flexibility index (Phi) is 7.33. The first-order chi connectivity index (χ1) is 19.5. The van der Waals surface area contributed by atoms with E-state index in [1.165, 1.54) is 22.8 Å². The van der Waals surface area contributed by atoms with E-state index in [0.717, 1.165) is 17.3 Å². The molecule has 3 aromatic heterocycles. The molecule has 0 radical (unpaired) electrons. The van der Waals surface area contributed by atoms with Gasteiger partial charge in [0.2, 0.25) is 0 Å². The predicted octanol–water partition coefficient (Wildman–Crippen LogP) is 5.47. The summed E-state index contributed by atoms with van der Waals surface area (Å²) < 4.78 is 32.1. The predicted molar refractivity (Wildman–Crippen MR) is 156 cm³/mol. The summed E-state index contributed by atoms with van der Waals surface area (Å²) in [5.41, 5.74) is 1.31. The molecule has 0 saturated carbocycles. The second-order valence-electron chi connectivity index (χ2n) is 10.6. The van der Waals surface area contributed by atoms with Gasteiger partial charge in [-0.2, -0.15) is 4.98 Å². The molecule has 1 atom stereocenters. The summed E-state index contributed by atoms with van der Waals surface area (Å²) in [5.74, 6) is -1.95. The van der Waals surface area contributed by atoms with Gasteiger partial charge in [0, 0.05) is 37.6 Å². The van der Waals surface area contributed by atoms with Gasteiger partial charge in [0.25, 0.3) is 0 Å². The molecule has 0 bridgehead atoms. The van der Waals surface area contributed by atoms with Crippen LogP contribution in [0.25, 0.3) is 28.0 Å². The van der Waals surface area contributed by atoms with Gasteiger partial charge in [-0.15, -0.1) is 0 Å². The number of nitrogens with zero attached hydrogens (tertiary/aromatic N) is 6. The van der Waals surface area contributed by atoms with E-state index in [4.69, 9.17) is 0 Å². The van der Waals surface area contributed by atoms with Crippen LogP contribution in [0.2, 0.25) is 0 Å². The Hall–Kier alpha value is -4.60. The molecule has 41 heavy (non-hydrogen) atoms. The van der Waals surface area contributed by atoms with Crippen molar-refractivity contribution in [1.82, 2.24) is 24.4 Å². The minimum Gasteiger partial charge on any atom is -0.507 e. The Bertz CT molecular complexity index is 1730. The number of anilines is 1. The minimum atomic E-state index is -0.857. The number of halogens is 2. The van der Waals surface area contributed by atoms with Crippen LogP contribution in [0.1, 0.15) is 37.9 Å². The second-order valence-corrected chi connectivity index (χ2v) is 10.6. The van der Waals surface area contributed by atoms with Crippen molar-refractivity contribution in [2.75, 3.05) is 24.5 Å². The SMILES string of the molecule is C=CC(=C)N1CCN(c2nc(=O)n(-c3c(C)ccnc3C(C)C)c3nc(-c4c(O)cccc4F)c(F)cc23)[C@@H](C)C1. The Balaban J connectivity index is 1.83. The highest BCUT2D eigenvalue weighted by Crippen LogP contribution is 2.36. The zero-order valence-electron chi connectivity index (χ0n) is 23.5. The van der Waals surface area contributed by atoms with E-state index in [1.807, 2.05) is 32.6 Å². The molecule has 8 nitrogen and oxygen atoms in total.